The Labute approximate surface area is 108 Å². The molecular weight excluding hydrogens is 226 g/mol. The van der Waals surface area contributed by atoms with Crippen molar-refractivity contribution in [1.29, 1.82) is 0 Å². The van der Waals surface area contributed by atoms with Crippen LogP contribution in [-0.4, -0.2) is 17.6 Å². The van der Waals surface area contributed by atoms with Crippen LogP contribution in [0.15, 0.2) is 18.2 Å². The lowest BCUT2D eigenvalue weighted by Crippen LogP contribution is -2.15. The van der Waals surface area contributed by atoms with Gasteiger partial charge in [-0.05, 0) is 43.2 Å². The number of carbonyl (C=O) groups is 1. The molecule has 1 aliphatic carbocycles. The molecule has 1 aromatic rings. The maximum absolute atomic E-state index is 11.2. The number of hydrogen-bond donors (Lipinski definition) is 2. The van der Waals surface area contributed by atoms with E-state index < -0.39 is 5.97 Å². The molecule has 18 heavy (non-hydrogen) atoms. The van der Waals surface area contributed by atoms with Crippen LogP contribution in [0.2, 0.25) is 0 Å². The van der Waals surface area contributed by atoms with Crippen molar-refractivity contribution < 1.29 is 9.90 Å². The predicted octanol–water partition coefficient (Wildman–Crippen LogP) is 3.54. The highest BCUT2D eigenvalue weighted by molar-refractivity contribution is 5.95. The summed E-state index contributed by atoms with van der Waals surface area (Å²) in [5.74, 6) is 0.634. The summed E-state index contributed by atoms with van der Waals surface area (Å²) in [4.78, 5) is 11.2. The molecule has 2 unspecified atom stereocenters. The van der Waals surface area contributed by atoms with Gasteiger partial charge < -0.3 is 10.4 Å². The topological polar surface area (TPSA) is 49.3 Å². The minimum absolute atomic E-state index is 0.376. The zero-order chi connectivity index (χ0) is 13.1. The zero-order valence-electron chi connectivity index (χ0n) is 11.1. The zero-order valence-corrected chi connectivity index (χ0v) is 11.1. The summed E-state index contributed by atoms with van der Waals surface area (Å²) in [6.45, 7) is 5.12. The van der Waals surface area contributed by atoms with Gasteiger partial charge in [0.1, 0.15) is 0 Å². The molecule has 98 valence electrons. The molecule has 0 amide bonds. The number of carboxylic acid groups (broad SMARTS) is 1. The number of aromatic carboxylic acids is 1. The summed E-state index contributed by atoms with van der Waals surface area (Å²) in [7, 11) is 0. The Kier molecular flexibility index (Phi) is 3.90. The van der Waals surface area contributed by atoms with Crippen molar-refractivity contribution in [3.63, 3.8) is 0 Å². The maximum atomic E-state index is 11.2. The van der Waals surface area contributed by atoms with Gasteiger partial charge in [0, 0.05) is 6.54 Å². The van der Waals surface area contributed by atoms with Gasteiger partial charge in [0.2, 0.25) is 0 Å². The molecule has 2 N–H and O–H groups in total. The van der Waals surface area contributed by atoms with Gasteiger partial charge in [0.25, 0.3) is 0 Å². The van der Waals surface area contributed by atoms with E-state index in [1.807, 2.05) is 13.0 Å². The second kappa shape index (κ2) is 5.42. The fourth-order valence-corrected chi connectivity index (χ4v) is 2.84. The fourth-order valence-electron chi connectivity index (χ4n) is 2.84. The van der Waals surface area contributed by atoms with Gasteiger partial charge in [-0.15, -0.1) is 0 Å². The molecule has 0 aromatic heterocycles. The first-order valence-corrected chi connectivity index (χ1v) is 6.64. The summed E-state index contributed by atoms with van der Waals surface area (Å²) in [5, 5.41) is 12.5. The van der Waals surface area contributed by atoms with Crippen LogP contribution in [0.1, 0.15) is 42.1 Å². The lowest BCUT2D eigenvalue weighted by atomic mass is 10.0. The molecule has 0 bridgehead atoms. The molecule has 1 aliphatic rings. The van der Waals surface area contributed by atoms with Gasteiger partial charge in [-0.3, -0.25) is 0 Å². The van der Waals surface area contributed by atoms with Crippen LogP contribution in [0.25, 0.3) is 0 Å². The lowest BCUT2D eigenvalue weighted by Gasteiger charge is -2.16. The molecule has 1 saturated carbocycles. The van der Waals surface area contributed by atoms with Gasteiger partial charge in [0.15, 0.2) is 0 Å². The van der Waals surface area contributed by atoms with Crippen LogP contribution in [0.5, 0.6) is 0 Å². The minimum Gasteiger partial charge on any atom is -0.478 e. The Balaban J connectivity index is 2.06. The standard InChI is InChI=1S/C15H21NO2/c1-10-6-7-12(8-10)9-16-14-11(2)4-3-5-13(14)15(17)18/h3-5,10,12,16H,6-9H2,1-2H3,(H,17,18). The second-order valence-corrected chi connectivity index (χ2v) is 5.47. The Hall–Kier alpha value is -1.51. The first kappa shape index (κ1) is 12.9. The molecule has 3 nitrogen and oxygen atoms in total. The number of aryl methyl sites for hydroxylation is 1. The summed E-state index contributed by atoms with van der Waals surface area (Å²) in [6.07, 6.45) is 3.80. The lowest BCUT2D eigenvalue weighted by molar-refractivity contribution is 0.0698. The van der Waals surface area contributed by atoms with Crippen LogP contribution in [0.4, 0.5) is 5.69 Å². The van der Waals surface area contributed by atoms with E-state index in [-0.39, 0.29) is 0 Å². The molecule has 0 heterocycles. The van der Waals surface area contributed by atoms with Crippen molar-refractivity contribution in [2.75, 3.05) is 11.9 Å². The molecule has 2 rings (SSSR count). The van der Waals surface area contributed by atoms with Gasteiger partial charge in [-0.25, -0.2) is 4.79 Å². The number of hydrogen-bond acceptors (Lipinski definition) is 2. The molecular formula is C15H21NO2. The van der Waals surface area contributed by atoms with E-state index in [2.05, 4.69) is 12.2 Å². The number of anilines is 1. The van der Waals surface area contributed by atoms with Crippen LogP contribution < -0.4 is 5.32 Å². The Morgan fingerprint density at radius 1 is 1.44 bits per heavy atom. The van der Waals surface area contributed by atoms with Gasteiger partial charge in [0.05, 0.1) is 11.3 Å². The third-order valence-electron chi connectivity index (χ3n) is 3.87. The molecule has 2 atom stereocenters. The first-order valence-electron chi connectivity index (χ1n) is 6.64. The highest BCUT2D eigenvalue weighted by Gasteiger charge is 2.21. The summed E-state index contributed by atoms with van der Waals surface area (Å²) >= 11 is 0. The molecule has 1 aromatic carbocycles. The van der Waals surface area contributed by atoms with Gasteiger partial charge in [-0.2, -0.15) is 0 Å². The third kappa shape index (κ3) is 2.84. The van der Waals surface area contributed by atoms with Crippen molar-refractivity contribution >= 4 is 11.7 Å². The first-order chi connectivity index (χ1) is 8.58. The smallest absolute Gasteiger partial charge is 0.337 e. The molecule has 0 saturated heterocycles. The van der Waals surface area contributed by atoms with E-state index >= 15 is 0 Å². The van der Waals surface area contributed by atoms with Crippen LogP contribution >= 0.6 is 0 Å². The van der Waals surface area contributed by atoms with Crippen molar-refractivity contribution in [1.82, 2.24) is 0 Å². The summed E-state index contributed by atoms with van der Waals surface area (Å²) in [6, 6.07) is 5.41. The Bertz CT molecular complexity index is 442. The van der Waals surface area contributed by atoms with Crippen LogP contribution in [0, 0.1) is 18.8 Å². The van der Waals surface area contributed by atoms with E-state index in [1.54, 1.807) is 12.1 Å². The average Bonchev–Trinajstić information content (AvgIpc) is 2.73. The second-order valence-electron chi connectivity index (χ2n) is 5.47. The number of carboxylic acids is 1. The number of para-hydroxylation sites is 1. The predicted molar refractivity (Wildman–Crippen MR) is 73.1 cm³/mol. The highest BCUT2D eigenvalue weighted by atomic mass is 16.4. The van der Waals surface area contributed by atoms with Crippen LogP contribution in [0.3, 0.4) is 0 Å². The van der Waals surface area contributed by atoms with Crippen molar-refractivity contribution in [3.8, 4) is 0 Å². The quantitative estimate of drug-likeness (QED) is 0.855. The Morgan fingerprint density at radius 3 is 2.83 bits per heavy atom. The minimum atomic E-state index is -0.860. The molecule has 0 aliphatic heterocycles. The fraction of sp³-hybridized carbons (Fsp3) is 0.533. The summed E-state index contributed by atoms with van der Waals surface area (Å²) in [5.41, 5.74) is 2.16. The third-order valence-corrected chi connectivity index (χ3v) is 3.87. The van der Waals surface area contributed by atoms with E-state index in [4.69, 9.17) is 0 Å². The maximum Gasteiger partial charge on any atom is 0.337 e. The van der Waals surface area contributed by atoms with Gasteiger partial charge in [-0.1, -0.05) is 25.5 Å². The van der Waals surface area contributed by atoms with E-state index in [9.17, 15) is 9.90 Å². The van der Waals surface area contributed by atoms with E-state index in [1.165, 1.54) is 19.3 Å². The van der Waals surface area contributed by atoms with Crippen LogP contribution in [-0.2, 0) is 0 Å². The average molecular weight is 247 g/mol. The van der Waals surface area contributed by atoms with E-state index in [0.29, 0.717) is 11.5 Å². The largest absolute Gasteiger partial charge is 0.478 e. The van der Waals surface area contributed by atoms with Crippen molar-refractivity contribution in [2.45, 2.75) is 33.1 Å². The molecule has 3 heteroatoms. The SMILES string of the molecule is Cc1cccc(C(=O)O)c1NCC1CCC(C)C1. The number of nitrogens with one attached hydrogen (secondary N) is 1. The van der Waals surface area contributed by atoms with E-state index in [0.717, 1.165) is 23.7 Å². The Morgan fingerprint density at radius 2 is 2.22 bits per heavy atom. The monoisotopic (exact) mass is 247 g/mol. The highest BCUT2D eigenvalue weighted by Crippen LogP contribution is 2.31. The molecule has 0 spiro atoms. The normalized spacial score (nSPS) is 23.0. The molecule has 1 fully saturated rings. The van der Waals surface area contributed by atoms with Crippen molar-refractivity contribution in [3.05, 3.63) is 29.3 Å². The number of rotatable bonds is 4. The van der Waals surface area contributed by atoms with Gasteiger partial charge >= 0.3 is 5.97 Å². The van der Waals surface area contributed by atoms with Crippen molar-refractivity contribution in [2.24, 2.45) is 11.8 Å². The number of benzene rings is 1. The molecule has 0 radical (unpaired) electrons. The summed E-state index contributed by atoms with van der Waals surface area (Å²) < 4.78 is 0.